The van der Waals surface area contributed by atoms with Crippen molar-refractivity contribution >= 4 is 28.7 Å². The maximum Gasteiger partial charge on any atom is 0.311 e. The van der Waals surface area contributed by atoms with E-state index in [1.807, 2.05) is 0 Å². The summed E-state index contributed by atoms with van der Waals surface area (Å²) in [6, 6.07) is 8.67. The zero-order chi connectivity index (χ0) is 22.2. The molecule has 1 heterocycles. The molecule has 0 spiro atoms. The average Bonchev–Trinajstić information content (AvgIpc) is 3.18. The van der Waals surface area contributed by atoms with Crippen LogP contribution < -0.4 is 10.2 Å². The number of aromatic nitrogens is 1. The van der Waals surface area contributed by atoms with E-state index in [0.717, 1.165) is 23.3 Å². The number of thiazole rings is 1. The highest BCUT2D eigenvalue weighted by molar-refractivity contribution is 7.13. The Kier molecular flexibility index (Phi) is 7.60. The molecule has 0 unspecified atom stereocenters. The molecule has 6 nitrogen and oxygen atoms in total. The summed E-state index contributed by atoms with van der Waals surface area (Å²) in [7, 11) is 0. The Bertz CT molecular complexity index is 1050. The Morgan fingerprint density at radius 2 is 1.90 bits per heavy atom. The van der Waals surface area contributed by atoms with Gasteiger partial charge in [0.2, 0.25) is 5.13 Å². The van der Waals surface area contributed by atoms with Gasteiger partial charge in [0.1, 0.15) is 12.4 Å². The summed E-state index contributed by atoms with van der Waals surface area (Å²) in [5.74, 6) is -4.57. The molecule has 0 saturated carbocycles. The van der Waals surface area contributed by atoms with E-state index in [1.165, 1.54) is 11.3 Å². The van der Waals surface area contributed by atoms with Crippen LogP contribution in [0.4, 0.5) is 18.3 Å². The van der Waals surface area contributed by atoms with Crippen molar-refractivity contribution in [2.24, 2.45) is 5.10 Å². The number of nitrogens with zero attached hydrogens (tertiary/aromatic N) is 2. The number of hydrogen-bond donors (Lipinski definition) is 1. The van der Waals surface area contributed by atoms with E-state index in [2.05, 4.69) is 15.5 Å². The molecule has 0 aliphatic rings. The fraction of sp³-hybridized carbons (Fsp3) is 0.190. The molecule has 0 amide bonds. The van der Waals surface area contributed by atoms with Crippen LogP contribution in [-0.2, 0) is 22.6 Å². The molecule has 0 fully saturated rings. The van der Waals surface area contributed by atoms with Crippen LogP contribution in [0, 0.1) is 17.5 Å². The Morgan fingerprint density at radius 3 is 2.58 bits per heavy atom. The van der Waals surface area contributed by atoms with Crippen molar-refractivity contribution in [1.82, 2.24) is 4.98 Å². The summed E-state index contributed by atoms with van der Waals surface area (Å²) in [6.07, 6.45) is 1.69. The minimum atomic E-state index is -1.53. The van der Waals surface area contributed by atoms with Gasteiger partial charge >= 0.3 is 5.97 Å². The summed E-state index contributed by atoms with van der Waals surface area (Å²) in [4.78, 5) is 15.7. The number of rotatable bonds is 9. The van der Waals surface area contributed by atoms with Gasteiger partial charge in [0.25, 0.3) is 0 Å². The summed E-state index contributed by atoms with van der Waals surface area (Å²) >= 11 is 1.32. The monoisotopic (exact) mass is 449 g/mol. The van der Waals surface area contributed by atoms with Gasteiger partial charge < -0.3 is 9.47 Å². The van der Waals surface area contributed by atoms with Gasteiger partial charge in [0.15, 0.2) is 17.5 Å². The van der Waals surface area contributed by atoms with Crippen molar-refractivity contribution in [3.63, 3.8) is 0 Å². The normalized spacial score (nSPS) is 11.0. The van der Waals surface area contributed by atoms with Gasteiger partial charge in [-0.05, 0) is 18.1 Å². The van der Waals surface area contributed by atoms with Gasteiger partial charge in [0.05, 0.1) is 24.9 Å². The predicted molar refractivity (Wildman–Crippen MR) is 111 cm³/mol. The second-order valence-corrected chi connectivity index (χ2v) is 7.09. The first-order chi connectivity index (χ1) is 14.9. The lowest BCUT2D eigenvalue weighted by molar-refractivity contribution is -0.142. The van der Waals surface area contributed by atoms with Crippen LogP contribution in [0.15, 0.2) is 46.9 Å². The molecule has 3 aromatic rings. The highest BCUT2D eigenvalue weighted by Crippen LogP contribution is 2.20. The Balaban J connectivity index is 1.50. The maximum absolute atomic E-state index is 13.2. The molecule has 0 bridgehead atoms. The first-order valence-electron chi connectivity index (χ1n) is 9.20. The number of carbonyl (C=O) groups excluding carboxylic acids is 1. The number of hydrazone groups is 1. The Morgan fingerprint density at radius 1 is 1.19 bits per heavy atom. The van der Waals surface area contributed by atoms with Crippen molar-refractivity contribution in [3.8, 4) is 5.75 Å². The first kappa shape index (κ1) is 22.3. The lowest BCUT2D eigenvalue weighted by Crippen LogP contribution is -2.07. The van der Waals surface area contributed by atoms with Crippen LogP contribution in [-0.4, -0.2) is 23.8 Å². The van der Waals surface area contributed by atoms with Gasteiger partial charge in [-0.25, -0.2) is 18.2 Å². The van der Waals surface area contributed by atoms with Crippen molar-refractivity contribution in [3.05, 3.63) is 76.1 Å². The fourth-order valence-electron chi connectivity index (χ4n) is 2.44. The lowest BCUT2D eigenvalue weighted by Gasteiger charge is -2.07. The second kappa shape index (κ2) is 10.6. The van der Waals surface area contributed by atoms with E-state index in [-0.39, 0.29) is 24.7 Å². The molecule has 0 atom stereocenters. The number of anilines is 1. The van der Waals surface area contributed by atoms with Gasteiger partial charge in [-0.2, -0.15) is 5.10 Å². The van der Waals surface area contributed by atoms with Crippen LogP contribution >= 0.6 is 11.3 Å². The molecule has 0 saturated heterocycles. The summed E-state index contributed by atoms with van der Waals surface area (Å²) in [5, 5.41) is 6.39. The molecule has 1 N–H and O–H groups in total. The smallest absolute Gasteiger partial charge is 0.311 e. The average molecular weight is 449 g/mol. The molecule has 31 heavy (non-hydrogen) atoms. The lowest BCUT2D eigenvalue weighted by atomic mass is 10.1. The number of esters is 1. The second-order valence-electron chi connectivity index (χ2n) is 6.23. The quantitative estimate of drug-likeness (QED) is 0.222. The number of halogens is 3. The van der Waals surface area contributed by atoms with Gasteiger partial charge in [-0.1, -0.05) is 24.3 Å². The largest absolute Gasteiger partial charge is 0.489 e. The van der Waals surface area contributed by atoms with Crippen LogP contribution in [0.2, 0.25) is 0 Å². The molecule has 10 heteroatoms. The topological polar surface area (TPSA) is 72.8 Å². The number of nitrogens with one attached hydrogen (secondary N) is 1. The zero-order valence-electron chi connectivity index (χ0n) is 16.4. The zero-order valence-corrected chi connectivity index (χ0v) is 17.2. The van der Waals surface area contributed by atoms with E-state index in [9.17, 15) is 18.0 Å². The van der Waals surface area contributed by atoms with E-state index in [4.69, 9.17) is 9.47 Å². The highest BCUT2D eigenvalue weighted by Gasteiger charge is 2.11. The van der Waals surface area contributed by atoms with Crippen molar-refractivity contribution in [2.75, 3.05) is 12.0 Å². The van der Waals surface area contributed by atoms with Crippen LogP contribution in [0.3, 0.4) is 0 Å². The van der Waals surface area contributed by atoms with E-state index in [1.54, 1.807) is 42.8 Å². The summed E-state index contributed by atoms with van der Waals surface area (Å²) < 4.78 is 49.6. The van der Waals surface area contributed by atoms with E-state index in [0.29, 0.717) is 17.4 Å². The third-order valence-corrected chi connectivity index (χ3v) is 4.69. The summed E-state index contributed by atoms with van der Waals surface area (Å²) in [5.41, 5.74) is 4.94. The molecule has 162 valence electrons. The highest BCUT2D eigenvalue weighted by atomic mass is 32.1. The maximum atomic E-state index is 13.2. The number of hydrogen-bond acceptors (Lipinski definition) is 7. The third-order valence-electron chi connectivity index (χ3n) is 3.90. The van der Waals surface area contributed by atoms with Gasteiger partial charge in [0, 0.05) is 17.5 Å². The van der Waals surface area contributed by atoms with Crippen LogP contribution in [0.25, 0.3) is 0 Å². The molecular weight excluding hydrogens is 431 g/mol. The molecule has 2 aromatic carbocycles. The number of ether oxygens (including phenoxy) is 2. The summed E-state index contributed by atoms with van der Waals surface area (Å²) in [6.45, 7) is 2.13. The van der Waals surface area contributed by atoms with Crippen molar-refractivity contribution < 1.29 is 27.4 Å². The van der Waals surface area contributed by atoms with Crippen LogP contribution in [0.1, 0.15) is 23.7 Å². The SMILES string of the molecule is CCOC(=O)Cc1csc(NN=Cc2ccc(COc3cc(F)c(F)c(F)c3)cc2)n1. The van der Waals surface area contributed by atoms with Gasteiger partial charge in [-0.3, -0.25) is 10.2 Å². The third kappa shape index (κ3) is 6.54. The standard InChI is InChI=1S/C21H18F3N3O3S/c1-2-29-19(28)7-15-12-31-21(26-15)27-25-10-13-3-5-14(6-4-13)11-30-16-8-17(22)20(24)18(23)9-16/h3-6,8-10,12H,2,7,11H2,1H3,(H,26,27). The van der Waals surface area contributed by atoms with Crippen molar-refractivity contribution in [2.45, 2.75) is 20.0 Å². The Hall–Kier alpha value is -3.40. The molecule has 1 aromatic heterocycles. The van der Waals surface area contributed by atoms with Crippen LogP contribution in [0.5, 0.6) is 5.75 Å². The number of carbonyl (C=O) groups is 1. The van der Waals surface area contributed by atoms with Crippen molar-refractivity contribution in [1.29, 1.82) is 0 Å². The number of benzene rings is 2. The van der Waals surface area contributed by atoms with Gasteiger partial charge in [-0.15, -0.1) is 11.3 Å². The Labute approximate surface area is 180 Å². The fourth-order valence-corrected chi connectivity index (χ4v) is 3.10. The molecular formula is C21H18F3N3O3S. The predicted octanol–water partition coefficient (Wildman–Crippen LogP) is 4.69. The molecule has 0 aliphatic carbocycles. The van der Waals surface area contributed by atoms with E-state index >= 15 is 0 Å². The van der Waals surface area contributed by atoms with E-state index < -0.39 is 17.5 Å². The first-order valence-corrected chi connectivity index (χ1v) is 10.1. The molecule has 3 rings (SSSR count). The molecule has 0 aliphatic heterocycles. The minimum Gasteiger partial charge on any atom is -0.489 e. The molecule has 0 radical (unpaired) electrons. The minimum absolute atomic E-state index is 0.0581.